The summed E-state index contributed by atoms with van der Waals surface area (Å²) in [6.45, 7) is 4.08. The summed E-state index contributed by atoms with van der Waals surface area (Å²) in [6, 6.07) is 5.92. The smallest absolute Gasteiger partial charge is 0.189 e. The zero-order valence-corrected chi connectivity index (χ0v) is 10.5. The summed E-state index contributed by atoms with van der Waals surface area (Å²) in [5.74, 6) is 0. The monoisotopic (exact) mass is 233 g/mol. The second kappa shape index (κ2) is 4.14. The van der Waals surface area contributed by atoms with Gasteiger partial charge in [0.1, 0.15) is 0 Å². The van der Waals surface area contributed by atoms with E-state index < -0.39 is 0 Å². The Morgan fingerprint density at radius 2 is 2.06 bits per heavy atom. The van der Waals surface area contributed by atoms with E-state index in [0.29, 0.717) is 0 Å². The molecule has 0 unspecified atom stereocenters. The fourth-order valence-electron chi connectivity index (χ4n) is 1.59. The first-order valence-corrected chi connectivity index (χ1v) is 5.98. The fraction of sp³-hybridized carbons (Fsp3) is 0.250. The van der Waals surface area contributed by atoms with Crippen LogP contribution in [-0.4, -0.2) is 12.0 Å². The first kappa shape index (κ1) is 11.0. The largest absolute Gasteiger partial charge is 0.399 e. The molecule has 16 heavy (non-hydrogen) atoms. The average Bonchev–Trinajstić information content (AvgIpc) is 2.67. The van der Waals surface area contributed by atoms with Crippen LogP contribution in [0, 0.1) is 13.8 Å². The molecule has 0 aliphatic heterocycles. The van der Waals surface area contributed by atoms with Gasteiger partial charge in [-0.1, -0.05) is 6.07 Å². The zero-order valence-electron chi connectivity index (χ0n) is 9.69. The van der Waals surface area contributed by atoms with Crippen LogP contribution in [0.3, 0.4) is 0 Å². The number of aromatic nitrogens is 1. The van der Waals surface area contributed by atoms with Crippen LogP contribution >= 0.6 is 11.3 Å². The lowest BCUT2D eigenvalue weighted by atomic mass is 10.1. The molecule has 2 aromatic rings. The second-order valence-electron chi connectivity index (χ2n) is 3.88. The molecule has 3 nitrogen and oxygen atoms in total. The van der Waals surface area contributed by atoms with Crippen LogP contribution in [0.1, 0.15) is 11.3 Å². The molecule has 1 aromatic heterocycles. The Morgan fingerprint density at radius 3 is 2.69 bits per heavy atom. The highest BCUT2D eigenvalue weighted by molar-refractivity contribution is 7.13. The van der Waals surface area contributed by atoms with Gasteiger partial charge in [-0.3, -0.25) is 0 Å². The van der Waals surface area contributed by atoms with Gasteiger partial charge < -0.3 is 10.6 Å². The van der Waals surface area contributed by atoms with Gasteiger partial charge in [0, 0.05) is 23.8 Å². The van der Waals surface area contributed by atoms with Crippen LogP contribution in [0.25, 0.3) is 0 Å². The Bertz CT molecular complexity index is 505. The van der Waals surface area contributed by atoms with Crippen LogP contribution in [-0.2, 0) is 0 Å². The third-order valence-corrected chi connectivity index (χ3v) is 3.52. The van der Waals surface area contributed by atoms with Gasteiger partial charge in [-0.2, -0.15) is 0 Å². The molecule has 0 atom stereocenters. The number of rotatable bonds is 2. The maximum atomic E-state index is 5.80. The van der Waals surface area contributed by atoms with Crippen molar-refractivity contribution < 1.29 is 0 Å². The summed E-state index contributed by atoms with van der Waals surface area (Å²) in [6.07, 6.45) is 0. The van der Waals surface area contributed by atoms with Gasteiger partial charge in [0.2, 0.25) is 0 Å². The lowest BCUT2D eigenvalue weighted by Gasteiger charge is -2.18. The highest BCUT2D eigenvalue weighted by atomic mass is 32.1. The summed E-state index contributed by atoms with van der Waals surface area (Å²) in [7, 11) is 2.01. The number of benzene rings is 1. The number of nitrogens with zero attached hydrogens (tertiary/aromatic N) is 2. The molecular formula is C12H15N3S. The average molecular weight is 233 g/mol. The topological polar surface area (TPSA) is 42.1 Å². The number of nitrogens with two attached hydrogens (primary N) is 1. The van der Waals surface area contributed by atoms with E-state index in [1.165, 1.54) is 5.56 Å². The molecular weight excluding hydrogens is 218 g/mol. The molecule has 0 aliphatic rings. The van der Waals surface area contributed by atoms with Gasteiger partial charge in [-0.25, -0.2) is 4.98 Å². The Labute approximate surface area is 99.5 Å². The van der Waals surface area contributed by atoms with Crippen molar-refractivity contribution in [2.75, 3.05) is 17.7 Å². The number of nitrogen functional groups attached to an aromatic ring is 1. The molecule has 1 heterocycles. The predicted molar refractivity (Wildman–Crippen MR) is 70.5 cm³/mol. The lowest BCUT2D eigenvalue weighted by Crippen LogP contribution is -2.11. The maximum Gasteiger partial charge on any atom is 0.189 e. The molecule has 84 valence electrons. The van der Waals surface area contributed by atoms with E-state index in [9.17, 15) is 0 Å². The van der Waals surface area contributed by atoms with Gasteiger partial charge in [0.05, 0.1) is 5.69 Å². The van der Waals surface area contributed by atoms with Crippen molar-refractivity contribution in [2.45, 2.75) is 13.8 Å². The fourth-order valence-corrected chi connectivity index (χ4v) is 2.37. The molecule has 0 saturated carbocycles. The summed E-state index contributed by atoms with van der Waals surface area (Å²) in [5, 5.41) is 3.04. The van der Waals surface area contributed by atoms with Gasteiger partial charge in [0.25, 0.3) is 0 Å². The van der Waals surface area contributed by atoms with Crippen molar-refractivity contribution in [2.24, 2.45) is 0 Å². The summed E-state index contributed by atoms with van der Waals surface area (Å²) in [5.41, 5.74) is 9.94. The molecule has 0 aliphatic carbocycles. The SMILES string of the molecule is Cc1csc(N(C)c2cc(N)ccc2C)n1. The van der Waals surface area contributed by atoms with Crippen LogP contribution in [0.4, 0.5) is 16.5 Å². The van der Waals surface area contributed by atoms with E-state index >= 15 is 0 Å². The number of thiazole rings is 1. The number of anilines is 3. The minimum absolute atomic E-state index is 0.778. The number of hydrogen-bond acceptors (Lipinski definition) is 4. The van der Waals surface area contributed by atoms with Crippen molar-refractivity contribution in [3.63, 3.8) is 0 Å². The van der Waals surface area contributed by atoms with Crippen LogP contribution < -0.4 is 10.6 Å². The molecule has 0 radical (unpaired) electrons. The molecule has 0 saturated heterocycles. The van der Waals surface area contributed by atoms with Gasteiger partial charge in [-0.15, -0.1) is 11.3 Å². The molecule has 4 heteroatoms. The third kappa shape index (κ3) is 2.02. The van der Waals surface area contributed by atoms with Crippen molar-refractivity contribution in [3.05, 3.63) is 34.8 Å². The summed E-state index contributed by atoms with van der Waals surface area (Å²) < 4.78 is 0. The van der Waals surface area contributed by atoms with Crippen molar-refractivity contribution in [1.82, 2.24) is 4.98 Å². The Balaban J connectivity index is 2.40. The molecule has 2 N–H and O–H groups in total. The van der Waals surface area contributed by atoms with Crippen molar-refractivity contribution in [1.29, 1.82) is 0 Å². The van der Waals surface area contributed by atoms with Crippen molar-refractivity contribution in [3.8, 4) is 0 Å². The molecule has 0 bridgehead atoms. The zero-order chi connectivity index (χ0) is 11.7. The van der Waals surface area contributed by atoms with Crippen LogP contribution in [0.5, 0.6) is 0 Å². The van der Waals surface area contributed by atoms with Crippen LogP contribution in [0.15, 0.2) is 23.6 Å². The summed E-state index contributed by atoms with van der Waals surface area (Å²) in [4.78, 5) is 6.53. The minimum Gasteiger partial charge on any atom is -0.399 e. The van der Waals surface area contributed by atoms with Gasteiger partial charge in [0.15, 0.2) is 5.13 Å². The standard InChI is InChI=1S/C12H15N3S/c1-8-4-5-10(13)6-11(8)15(3)12-14-9(2)7-16-12/h4-7H,13H2,1-3H3. The minimum atomic E-state index is 0.778. The van der Waals surface area contributed by atoms with E-state index in [-0.39, 0.29) is 0 Å². The normalized spacial score (nSPS) is 10.4. The van der Waals surface area contributed by atoms with E-state index in [1.807, 2.05) is 37.6 Å². The van der Waals surface area contributed by atoms with E-state index in [0.717, 1.165) is 22.2 Å². The Hall–Kier alpha value is -1.55. The predicted octanol–water partition coefficient (Wildman–Crippen LogP) is 3.11. The van der Waals surface area contributed by atoms with Gasteiger partial charge >= 0.3 is 0 Å². The third-order valence-electron chi connectivity index (χ3n) is 2.49. The molecule has 0 spiro atoms. The molecule has 0 fully saturated rings. The second-order valence-corrected chi connectivity index (χ2v) is 4.71. The maximum absolute atomic E-state index is 5.80. The first-order chi connectivity index (χ1) is 7.58. The highest BCUT2D eigenvalue weighted by Crippen LogP contribution is 2.30. The molecule has 0 amide bonds. The number of hydrogen-bond donors (Lipinski definition) is 1. The van der Waals surface area contributed by atoms with Crippen LogP contribution in [0.2, 0.25) is 0 Å². The lowest BCUT2D eigenvalue weighted by molar-refractivity contribution is 1.13. The van der Waals surface area contributed by atoms with Gasteiger partial charge in [-0.05, 0) is 31.5 Å². The highest BCUT2D eigenvalue weighted by Gasteiger charge is 2.10. The molecule has 1 aromatic carbocycles. The molecule has 2 rings (SSSR count). The Kier molecular flexibility index (Phi) is 2.83. The van der Waals surface area contributed by atoms with E-state index in [1.54, 1.807) is 11.3 Å². The number of aryl methyl sites for hydroxylation is 2. The summed E-state index contributed by atoms with van der Waals surface area (Å²) >= 11 is 1.64. The van der Waals surface area contributed by atoms with E-state index in [4.69, 9.17) is 5.73 Å². The Morgan fingerprint density at radius 1 is 1.31 bits per heavy atom. The van der Waals surface area contributed by atoms with Crippen molar-refractivity contribution >= 4 is 27.8 Å². The first-order valence-electron chi connectivity index (χ1n) is 5.10. The van der Waals surface area contributed by atoms with E-state index in [2.05, 4.69) is 16.8 Å². The quantitative estimate of drug-likeness (QED) is 0.810.